The van der Waals surface area contributed by atoms with Crippen LogP contribution in [0.2, 0.25) is 0 Å². The summed E-state index contributed by atoms with van der Waals surface area (Å²) in [6, 6.07) is 7.40. The summed E-state index contributed by atoms with van der Waals surface area (Å²) in [6.45, 7) is 7.99. The molecule has 0 spiro atoms. The smallest absolute Gasteiger partial charge is 0.328 e. The van der Waals surface area contributed by atoms with E-state index < -0.39 is 11.9 Å². The SMILES string of the molecule is CC(C)(C)NCCCNC(=O)c1cccc(Br)c1.O=C(O)/C=C/C(=O)O. The third-order valence-electron chi connectivity index (χ3n) is 2.75. The summed E-state index contributed by atoms with van der Waals surface area (Å²) in [6.07, 6.45) is 2.04. The van der Waals surface area contributed by atoms with E-state index in [1.54, 1.807) is 0 Å². The number of hydrogen-bond acceptors (Lipinski definition) is 4. The molecule has 1 aromatic carbocycles. The molecule has 1 amide bonds. The number of aliphatic carboxylic acids is 2. The van der Waals surface area contributed by atoms with Crippen LogP contribution in [0, 0.1) is 0 Å². The number of carboxylic acid groups (broad SMARTS) is 2. The molecule has 7 nitrogen and oxygen atoms in total. The molecule has 0 radical (unpaired) electrons. The van der Waals surface area contributed by atoms with Gasteiger partial charge >= 0.3 is 11.9 Å². The summed E-state index contributed by atoms with van der Waals surface area (Å²) in [5.74, 6) is -2.54. The number of carbonyl (C=O) groups is 3. The quantitative estimate of drug-likeness (QED) is 0.391. The van der Waals surface area contributed by atoms with Crippen molar-refractivity contribution in [2.45, 2.75) is 32.7 Å². The fraction of sp³-hybridized carbons (Fsp3) is 0.389. The van der Waals surface area contributed by atoms with E-state index in [-0.39, 0.29) is 11.4 Å². The van der Waals surface area contributed by atoms with Gasteiger partial charge < -0.3 is 20.8 Å². The number of hydrogen-bond donors (Lipinski definition) is 4. The van der Waals surface area contributed by atoms with Crippen LogP contribution in [0.15, 0.2) is 40.9 Å². The second-order valence-electron chi connectivity index (χ2n) is 6.31. The first-order valence-electron chi connectivity index (χ1n) is 7.94. The molecule has 1 rings (SSSR count). The highest BCUT2D eigenvalue weighted by Crippen LogP contribution is 2.11. The standard InChI is InChI=1S/C14H21BrN2O.C4H4O4/c1-14(2,3)17-9-5-8-16-13(18)11-6-4-7-12(15)10-11;5-3(6)1-2-4(7)8/h4,6-7,10,17H,5,8-9H2,1-3H3,(H,16,18);1-2H,(H,5,6)(H,7,8)/b;2-1+. The molecule has 8 heteroatoms. The van der Waals surface area contributed by atoms with E-state index in [2.05, 4.69) is 47.3 Å². The lowest BCUT2D eigenvalue weighted by atomic mass is 10.1. The lowest BCUT2D eigenvalue weighted by molar-refractivity contribution is -0.134. The molecule has 4 N–H and O–H groups in total. The Hall–Kier alpha value is -2.19. The fourth-order valence-corrected chi connectivity index (χ4v) is 2.03. The zero-order chi connectivity index (χ0) is 20.2. The zero-order valence-electron chi connectivity index (χ0n) is 15.1. The van der Waals surface area contributed by atoms with Crippen LogP contribution in [0.4, 0.5) is 0 Å². The average Bonchev–Trinajstić information content (AvgIpc) is 2.52. The third-order valence-corrected chi connectivity index (χ3v) is 3.24. The van der Waals surface area contributed by atoms with Gasteiger partial charge in [0.05, 0.1) is 0 Å². The van der Waals surface area contributed by atoms with Gasteiger partial charge in [0.1, 0.15) is 0 Å². The van der Waals surface area contributed by atoms with Gasteiger partial charge in [-0.2, -0.15) is 0 Å². The van der Waals surface area contributed by atoms with Gasteiger partial charge in [-0.3, -0.25) is 4.79 Å². The van der Waals surface area contributed by atoms with Crippen LogP contribution in [0.5, 0.6) is 0 Å². The maximum atomic E-state index is 11.8. The first-order valence-corrected chi connectivity index (χ1v) is 8.73. The van der Waals surface area contributed by atoms with Gasteiger partial charge in [-0.15, -0.1) is 0 Å². The van der Waals surface area contributed by atoms with E-state index in [1.807, 2.05) is 24.3 Å². The van der Waals surface area contributed by atoms with Crippen LogP contribution in [0.3, 0.4) is 0 Å². The van der Waals surface area contributed by atoms with Crippen LogP contribution in [-0.4, -0.2) is 46.7 Å². The normalized spacial score (nSPS) is 10.8. The van der Waals surface area contributed by atoms with E-state index in [0.29, 0.717) is 24.3 Å². The van der Waals surface area contributed by atoms with Gasteiger partial charge in [-0.05, 0) is 51.9 Å². The zero-order valence-corrected chi connectivity index (χ0v) is 16.7. The Morgan fingerprint density at radius 3 is 2.12 bits per heavy atom. The Bertz CT molecular complexity index is 623. The van der Waals surface area contributed by atoms with Crippen LogP contribution < -0.4 is 10.6 Å². The summed E-state index contributed by atoms with van der Waals surface area (Å²) in [4.78, 5) is 30.9. The van der Waals surface area contributed by atoms with Crippen molar-refractivity contribution in [1.82, 2.24) is 10.6 Å². The van der Waals surface area contributed by atoms with Gasteiger partial charge in [0.25, 0.3) is 5.91 Å². The Labute approximate surface area is 161 Å². The van der Waals surface area contributed by atoms with Crippen molar-refractivity contribution < 1.29 is 24.6 Å². The molecule has 0 fully saturated rings. The molecule has 0 aliphatic heterocycles. The third kappa shape index (κ3) is 14.2. The molecule has 144 valence electrons. The van der Waals surface area contributed by atoms with Crippen LogP contribution >= 0.6 is 15.9 Å². The Kier molecular flexibility index (Phi) is 11.2. The molecule has 1 aromatic rings. The second kappa shape index (κ2) is 12.2. The lowest BCUT2D eigenvalue weighted by Gasteiger charge is -2.20. The summed E-state index contributed by atoms with van der Waals surface area (Å²) in [5, 5.41) is 21.9. The van der Waals surface area contributed by atoms with Crippen molar-refractivity contribution in [2.24, 2.45) is 0 Å². The number of halogens is 1. The molecule has 0 bridgehead atoms. The number of carboxylic acids is 2. The molecule has 0 saturated carbocycles. The highest BCUT2D eigenvalue weighted by Gasteiger charge is 2.08. The Balaban J connectivity index is 0.000000660. The predicted molar refractivity (Wildman–Crippen MR) is 103 cm³/mol. The molecule has 0 heterocycles. The van der Waals surface area contributed by atoms with Gasteiger partial charge in [0, 0.05) is 34.3 Å². The van der Waals surface area contributed by atoms with E-state index in [9.17, 15) is 14.4 Å². The maximum Gasteiger partial charge on any atom is 0.328 e. The summed E-state index contributed by atoms with van der Waals surface area (Å²) >= 11 is 3.36. The van der Waals surface area contributed by atoms with E-state index in [1.165, 1.54) is 0 Å². The molecule has 26 heavy (non-hydrogen) atoms. The molecular weight excluding hydrogens is 404 g/mol. The second-order valence-corrected chi connectivity index (χ2v) is 7.22. The van der Waals surface area contributed by atoms with E-state index in [4.69, 9.17) is 10.2 Å². The lowest BCUT2D eigenvalue weighted by Crippen LogP contribution is -2.37. The minimum atomic E-state index is -1.26. The maximum absolute atomic E-state index is 11.8. The summed E-state index contributed by atoms with van der Waals surface area (Å²) in [5.41, 5.74) is 0.821. The molecule has 0 aliphatic carbocycles. The number of rotatable bonds is 7. The predicted octanol–water partition coefficient (Wildman–Crippen LogP) is 2.67. The molecule has 0 aliphatic rings. The van der Waals surface area contributed by atoms with Crippen molar-refractivity contribution in [1.29, 1.82) is 0 Å². The summed E-state index contributed by atoms with van der Waals surface area (Å²) in [7, 11) is 0. The van der Waals surface area contributed by atoms with Gasteiger partial charge in [0.15, 0.2) is 0 Å². The molecule has 0 atom stereocenters. The van der Waals surface area contributed by atoms with Crippen molar-refractivity contribution >= 4 is 33.8 Å². The molecule has 0 saturated heterocycles. The van der Waals surface area contributed by atoms with E-state index in [0.717, 1.165) is 17.4 Å². The van der Waals surface area contributed by atoms with Crippen LogP contribution in [0.1, 0.15) is 37.6 Å². The topological polar surface area (TPSA) is 116 Å². The highest BCUT2D eigenvalue weighted by atomic mass is 79.9. The first-order chi connectivity index (χ1) is 12.0. The largest absolute Gasteiger partial charge is 0.478 e. The fourth-order valence-electron chi connectivity index (χ4n) is 1.63. The highest BCUT2D eigenvalue weighted by molar-refractivity contribution is 9.10. The number of benzene rings is 1. The molecule has 0 aromatic heterocycles. The number of nitrogens with one attached hydrogen (secondary N) is 2. The minimum Gasteiger partial charge on any atom is -0.478 e. The molecular formula is C18H25BrN2O5. The Morgan fingerprint density at radius 1 is 1.08 bits per heavy atom. The van der Waals surface area contributed by atoms with E-state index >= 15 is 0 Å². The van der Waals surface area contributed by atoms with Crippen molar-refractivity contribution in [3.63, 3.8) is 0 Å². The van der Waals surface area contributed by atoms with Gasteiger partial charge in [0.2, 0.25) is 0 Å². The minimum absolute atomic E-state index is 0.0212. The van der Waals surface area contributed by atoms with Gasteiger partial charge in [-0.25, -0.2) is 9.59 Å². The number of carbonyl (C=O) groups excluding carboxylic acids is 1. The Morgan fingerprint density at radius 2 is 1.65 bits per heavy atom. The summed E-state index contributed by atoms with van der Waals surface area (Å²) < 4.78 is 0.921. The average molecular weight is 429 g/mol. The van der Waals surface area contributed by atoms with Gasteiger partial charge in [-0.1, -0.05) is 22.0 Å². The van der Waals surface area contributed by atoms with Crippen molar-refractivity contribution in [3.05, 3.63) is 46.5 Å². The van der Waals surface area contributed by atoms with Crippen molar-refractivity contribution in [3.8, 4) is 0 Å². The first kappa shape index (κ1) is 23.8. The molecule has 0 unspecified atom stereocenters. The van der Waals surface area contributed by atoms with Crippen molar-refractivity contribution in [2.75, 3.05) is 13.1 Å². The van der Waals surface area contributed by atoms with Crippen LogP contribution in [0.25, 0.3) is 0 Å². The van der Waals surface area contributed by atoms with Crippen LogP contribution in [-0.2, 0) is 9.59 Å². The monoisotopic (exact) mass is 428 g/mol. The number of amides is 1.